The largest absolute Gasteiger partial charge is 0.378 e. The summed E-state index contributed by atoms with van der Waals surface area (Å²) in [5, 5.41) is -0.191. The average Bonchev–Trinajstić information content (AvgIpc) is 3.19. The molecule has 0 aliphatic carbocycles. The van der Waals surface area contributed by atoms with Crippen LogP contribution in [0.4, 0.5) is 10.5 Å². The molecule has 2 heterocycles. The van der Waals surface area contributed by atoms with Gasteiger partial charge in [0, 0.05) is 43.4 Å². The van der Waals surface area contributed by atoms with E-state index in [0.29, 0.717) is 4.91 Å². The lowest BCUT2D eigenvalue weighted by atomic mass is 10.2. The second-order valence-electron chi connectivity index (χ2n) is 6.52. The maximum absolute atomic E-state index is 12.6. The Hall–Kier alpha value is -2.47. The van der Waals surface area contributed by atoms with Crippen LogP contribution >= 0.6 is 11.8 Å². The zero-order valence-electron chi connectivity index (χ0n) is 15.5. The first-order valence-electron chi connectivity index (χ1n) is 8.64. The van der Waals surface area contributed by atoms with E-state index in [0.717, 1.165) is 35.3 Å². The van der Waals surface area contributed by atoms with Crippen molar-refractivity contribution >= 4 is 34.7 Å². The zero-order chi connectivity index (χ0) is 18.8. The molecule has 0 radical (unpaired) electrons. The van der Waals surface area contributed by atoms with Crippen LogP contribution in [0.15, 0.2) is 47.5 Å². The Morgan fingerprint density at radius 2 is 1.85 bits per heavy atom. The van der Waals surface area contributed by atoms with Gasteiger partial charge in [-0.3, -0.25) is 14.5 Å². The van der Waals surface area contributed by atoms with Gasteiger partial charge in [-0.1, -0.05) is 6.92 Å². The number of imide groups is 1. The number of carbonyl (C=O) groups is 2. The molecule has 1 atom stereocenters. The number of aromatic nitrogens is 1. The minimum atomic E-state index is -0.204. The van der Waals surface area contributed by atoms with E-state index in [9.17, 15) is 9.59 Å². The number of hydrogen-bond donors (Lipinski definition) is 0. The van der Waals surface area contributed by atoms with Crippen molar-refractivity contribution in [3.8, 4) is 5.69 Å². The Kier molecular flexibility index (Phi) is 5.23. The van der Waals surface area contributed by atoms with Crippen molar-refractivity contribution in [3.05, 3.63) is 53.2 Å². The van der Waals surface area contributed by atoms with Gasteiger partial charge in [0.15, 0.2) is 0 Å². The van der Waals surface area contributed by atoms with Gasteiger partial charge in [0.25, 0.3) is 11.1 Å². The van der Waals surface area contributed by atoms with Crippen LogP contribution in [0.25, 0.3) is 11.8 Å². The van der Waals surface area contributed by atoms with Gasteiger partial charge >= 0.3 is 0 Å². The van der Waals surface area contributed by atoms with Crippen molar-refractivity contribution in [1.29, 1.82) is 0 Å². The van der Waals surface area contributed by atoms with E-state index in [1.807, 2.05) is 67.9 Å². The first kappa shape index (κ1) is 18.3. The molecule has 0 saturated carbocycles. The molecule has 0 bridgehead atoms. The van der Waals surface area contributed by atoms with E-state index < -0.39 is 0 Å². The monoisotopic (exact) mass is 369 g/mol. The van der Waals surface area contributed by atoms with Crippen LogP contribution in [0.1, 0.15) is 26.0 Å². The number of benzene rings is 1. The van der Waals surface area contributed by atoms with E-state index >= 15 is 0 Å². The molecule has 1 saturated heterocycles. The summed E-state index contributed by atoms with van der Waals surface area (Å²) in [6.45, 7) is 3.87. The molecule has 26 heavy (non-hydrogen) atoms. The van der Waals surface area contributed by atoms with E-state index in [2.05, 4.69) is 12.1 Å². The number of amides is 2. The van der Waals surface area contributed by atoms with Gasteiger partial charge in [-0.15, -0.1) is 0 Å². The molecule has 136 valence electrons. The van der Waals surface area contributed by atoms with Crippen molar-refractivity contribution in [2.75, 3.05) is 19.0 Å². The average molecular weight is 369 g/mol. The molecule has 2 aromatic rings. The third-order valence-corrected chi connectivity index (χ3v) is 5.44. The summed E-state index contributed by atoms with van der Waals surface area (Å²) in [7, 11) is 4.01. The topological polar surface area (TPSA) is 45.6 Å². The van der Waals surface area contributed by atoms with E-state index in [1.54, 1.807) is 6.08 Å². The lowest BCUT2D eigenvalue weighted by Crippen LogP contribution is -2.36. The lowest BCUT2D eigenvalue weighted by Gasteiger charge is -2.19. The highest BCUT2D eigenvalue weighted by atomic mass is 32.2. The number of rotatable bonds is 5. The molecule has 0 N–H and O–H groups in total. The van der Waals surface area contributed by atoms with E-state index in [4.69, 9.17) is 0 Å². The number of hydrogen-bond acceptors (Lipinski definition) is 4. The fourth-order valence-electron chi connectivity index (χ4n) is 2.83. The SMILES string of the molecule is CC[C@H](C)N1C(=O)S/C(=C\c2cccn2-c2ccc(N(C)C)cc2)C1=O. The number of carbonyl (C=O) groups excluding carboxylic acids is 2. The highest BCUT2D eigenvalue weighted by Gasteiger charge is 2.37. The van der Waals surface area contributed by atoms with E-state index in [1.165, 1.54) is 4.90 Å². The van der Waals surface area contributed by atoms with Crippen molar-refractivity contribution in [2.45, 2.75) is 26.3 Å². The molecular weight excluding hydrogens is 346 g/mol. The molecular formula is C20H23N3O2S. The summed E-state index contributed by atoms with van der Waals surface area (Å²) < 4.78 is 2.01. The van der Waals surface area contributed by atoms with Gasteiger partial charge in [0.2, 0.25) is 0 Å². The minimum Gasteiger partial charge on any atom is -0.378 e. The highest BCUT2D eigenvalue weighted by molar-refractivity contribution is 8.18. The first-order chi connectivity index (χ1) is 12.4. The van der Waals surface area contributed by atoms with Gasteiger partial charge in [-0.05, 0) is 67.6 Å². The van der Waals surface area contributed by atoms with Gasteiger partial charge in [-0.2, -0.15) is 0 Å². The van der Waals surface area contributed by atoms with Crippen LogP contribution in [-0.4, -0.2) is 40.8 Å². The summed E-state index contributed by atoms with van der Waals surface area (Å²) in [6, 6.07) is 12.0. The second-order valence-corrected chi connectivity index (χ2v) is 7.52. The summed E-state index contributed by atoms with van der Waals surface area (Å²) >= 11 is 1.01. The fourth-order valence-corrected chi connectivity index (χ4v) is 3.75. The molecule has 5 nitrogen and oxygen atoms in total. The van der Waals surface area contributed by atoms with Crippen LogP contribution < -0.4 is 4.90 Å². The molecule has 0 spiro atoms. The number of nitrogens with zero attached hydrogens (tertiary/aromatic N) is 3. The molecule has 1 aliphatic rings. The number of thioether (sulfide) groups is 1. The van der Waals surface area contributed by atoms with Crippen molar-refractivity contribution in [3.63, 3.8) is 0 Å². The van der Waals surface area contributed by atoms with Crippen LogP contribution in [0.2, 0.25) is 0 Å². The Morgan fingerprint density at radius 3 is 2.46 bits per heavy atom. The predicted octanol–water partition coefficient (Wildman–Crippen LogP) is 4.38. The van der Waals surface area contributed by atoms with Crippen LogP contribution in [-0.2, 0) is 4.79 Å². The second kappa shape index (κ2) is 7.41. The van der Waals surface area contributed by atoms with E-state index in [-0.39, 0.29) is 17.2 Å². The summed E-state index contributed by atoms with van der Waals surface area (Å²) in [4.78, 5) is 28.7. The Morgan fingerprint density at radius 1 is 1.15 bits per heavy atom. The number of anilines is 1. The van der Waals surface area contributed by atoms with Crippen LogP contribution in [0.5, 0.6) is 0 Å². The molecule has 2 amide bonds. The molecule has 3 rings (SSSR count). The third kappa shape index (κ3) is 3.42. The van der Waals surface area contributed by atoms with Gasteiger partial charge in [0.05, 0.1) is 4.91 Å². The molecule has 0 unspecified atom stereocenters. The fraction of sp³-hybridized carbons (Fsp3) is 0.300. The summed E-state index contributed by atoms with van der Waals surface area (Å²) in [5.74, 6) is -0.204. The molecule has 6 heteroatoms. The Bertz CT molecular complexity index is 852. The first-order valence-corrected chi connectivity index (χ1v) is 9.46. The van der Waals surface area contributed by atoms with Gasteiger partial charge < -0.3 is 9.47 Å². The maximum Gasteiger partial charge on any atom is 0.293 e. The minimum absolute atomic E-state index is 0.0845. The van der Waals surface area contributed by atoms with Crippen LogP contribution in [0.3, 0.4) is 0 Å². The van der Waals surface area contributed by atoms with Crippen molar-refractivity contribution in [2.24, 2.45) is 0 Å². The predicted molar refractivity (Wildman–Crippen MR) is 108 cm³/mol. The lowest BCUT2D eigenvalue weighted by molar-refractivity contribution is -0.124. The zero-order valence-corrected chi connectivity index (χ0v) is 16.3. The third-order valence-electron chi connectivity index (χ3n) is 4.56. The van der Waals surface area contributed by atoms with Crippen molar-refractivity contribution < 1.29 is 9.59 Å². The molecule has 1 aromatic carbocycles. The Balaban J connectivity index is 1.91. The van der Waals surface area contributed by atoms with Crippen molar-refractivity contribution in [1.82, 2.24) is 9.47 Å². The maximum atomic E-state index is 12.6. The molecule has 1 fully saturated rings. The molecule has 1 aliphatic heterocycles. The van der Waals surface area contributed by atoms with Crippen LogP contribution in [0, 0.1) is 0 Å². The summed E-state index contributed by atoms with van der Waals surface area (Å²) in [5.41, 5.74) is 3.00. The summed E-state index contributed by atoms with van der Waals surface area (Å²) in [6.07, 6.45) is 4.50. The highest BCUT2D eigenvalue weighted by Crippen LogP contribution is 2.34. The Labute approximate surface area is 158 Å². The quantitative estimate of drug-likeness (QED) is 0.734. The normalized spacial score (nSPS) is 17.2. The molecule has 1 aromatic heterocycles. The standard InChI is InChI=1S/C20H23N3O2S/c1-5-14(2)23-19(24)18(26-20(23)25)13-17-7-6-12-22(17)16-10-8-15(9-11-16)21(3)4/h6-14H,5H2,1-4H3/b18-13-/t14-/m0/s1. The van der Waals surface area contributed by atoms with Gasteiger partial charge in [0.1, 0.15) is 0 Å². The smallest absolute Gasteiger partial charge is 0.293 e. The van der Waals surface area contributed by atoms with Gasteiger partial charge in [-0.25, -0.2) is 0 Å².